The molecule has 0 saturated carbocycles. The molecule has 2 aromatic heterocycles. The zero-order chi connectivity index (χ0) is 22.3. The lowest BCUT2D eigenvalue weighted by Crippen LogP contribution is -2.23. The van der Waals surface area contributed by atoms with E-state index in [4.69, 9.17) is 4.74 Å². The van der Waals surface area contributed by atoms with Gasteiger partial charge in [-0.15, -0.1) is 0 Å². The van der Waals surface area contributed by atoms with Gasteiger partial charge in [0, 0.05) is 30.1 Å². The van der Waals surface area contributed by atoms with Gasteiger partial charge in [-0.2, -0.15) is 5.10 Å². The fourth-order valence-corrected chi connectivity index (χ4v) is 3.49. The number of ether oxygens (including phenoxy) is 1. The summed E-state index contributed by atoms with van der Waals surface area (Å²) in [6, 6.07) is 23.4. The van der Waals surface area contributed by atoms with E-state index in [1.54, 1.807) is 18.3 Å². The molecular formula is C26H26N4O2. The van der Waals surface area contributed by atoms with Gasteiger partial charge in [0.15, 0.2) is 0 Å². The van der Waals surface area contributed by atoms with Crippen LogP contribution in [0, 0.1) is 13.8 Å². The van der Waals surface area contributed by atoms with E-state index in [0.717, 1.165) is 28.1 Å². The summed E-state index contributed by atoms with van der Waals surface area (Å²) < 4.78 is 7.72. The molecule has 0 aliphatic heterocycles. The number of carbonyl (C=O) groups excluding carboxylic acids is 1. The second-order valence-corrected chi connectivity index (χ2v) is 7.74. The predicted octanol–water partition coefficient (Wildman–Crippen LogP) is 4.45. The zero-order valence-electron chi connectivity index (χ0n) is 18.3. The first kappa shape index (κ1) is 21.3. The minimum Gasteiger partial charge on any atom is -0.473 e. The Balaban J connectivity index is 1.35. The van der Waals surface area contributed by atoms with Gasteiger partial charge in [-0.1, -0.05) is 54.6 Å². The van der Waals surface area contributed by atoms with Crippen LogP contribution in [0.25, 0.3) is 0 Å². The van der Waals surface area contributed by atoms with Gasteiger partial charge in [0.1, 0.15) is 6.61 Å². The maximum atomic E-state index is 12.7. The van der Waals surface area contributed by atoms with Crippen LogP contribution in [0.15, 0.2) is 79.0 Å². The molecule has 0 saturated heterocycles. The summed E-state index contributed by atoms with van der Waals surface area (Å²) in [5, 5.41) is 7.50. The highest BCUT2D eigenvalue weighted by atomic mass is 16.5. The zero-order valence-corrected chi connectivity index (χ0v) is 18.3. The monoisotopic (exact) mass is 426 g/mol. The van der Waals surface area contributed by atoms with Gasteiger partial charge in [0.05, 0.1) is 12.2 Å². The molecule has 6 heteroatoms. The summed E-state index contributed by atoms with van der Waals surface area (Å²) in [5.41, 5.74) is 5.88. The molecule has 0 fully saturated rings. The van der Waals surface area contributed by atoms with E-state index in [-0.39, 0.29) is 5.91 Å². The Kier molecular flexibility index (Phi) is 6.60. The third-order valence-corrected chi connectivity index (χ3v) is 5.11. The minimum atomic E-state index is -0.166. The quantitative estimate of drug-likeness (QED) is 0.452. The van der Waals surface area contributed by atoms with Crippen molar-refractivity contribution in [1.82, 2.24) is 20.1 Å². The Bertz CT molecular complexity index is 1200. The van der Waals surface area contributed by atoms with Crippen molar-refractivity contribution in [2.24, 2.45) is 0 Å². The normalized spacial score (nSPS) is 10.7. The number of amides is 1. The number of aromatic nitrogens is 3. The average Bonchev–Trinajstić information content (AvgIpc) is 3.13. The van der Waals surface area contributed by atoms with Crippen molar-refractivity contribution in [3.63, 3.8) is 0 Å². The molecule has 4 aromatic rings. The molecule has 0 radical (unpaired) electrons. The Morgan fingerprint density at radius 1 is 0.938 bits per heavy atom. The van der Waals surface area contributed by atoms with Gasteiger partial charge in [-0.05, 0) is 42.7 Å². The summed E-state index contributed by atoms with van der Waals surface area (Å²) in [7, 11) is 0. The van der Waals surface area contributed by atoms with Gasteiger partial charge in [-0.25, -0.2) is 4.98 Å². The Hall–Kier alpha value is -3.93. The van der Waals surface area contributed by atoms with Gasteiger partial charge >= 0.3 is 0 Å². The molecule has 32 heavy (non-hydrogen) atoms. The second-order valence-electron chi connectivity index (χ2n) is 7.74. The number of benzene rings is 2. The molecule has 1 N–H and O–H groups in total. The summed E-state index contributed by atoms with van der Waals surface area (Å²) in [6.45, 7) is 5.59. The number of nitrogens with one attached hydrogen (secondary N) is 1. The minimum absolute atomic E-state index is 0.166. The Morgan fingerprint density at radius 2 is 1.72 bits per heavy atom. The van der Waals surface area contributed by atoms with Crippen LogP contribution in [-0.2, 0) is 19.7 Å². The average molecular weight is 427 g/mol. The molecule has 0 aliphatic rings. The number of pyridine rings is 1. The fourth-order valence-electron chi connectivity index (χ4n) is 3.49. The highest BCUT2D eigenvalue weighted by molar-refractivity contribution is 5.94. The largest absolute Gasteiger partial charge is 0.473 e. The molecule has 162 valence electrons. The van der Waals surface area contributed by atoms with Crippen molar-refractivity contribution >= 4 is 5.91 Å². The van der Waals surface area contributed by atoms with Crippen LogP contribution in [0.2, 0.25) is 0 Å². The lowest BCUT2D eigenvalue weighted by molar-refractivity contribution is 0.0950. The van der Waals surface area contributed by atoms with Crippen molar-refractivity contribution in [1.29, 1.82) is 0 Å². The van der Waals surface area contributed by atoms with Gasteiger partial charge in [-0.3, -0.25) is 9.48 Å². The fraction of sp³-hybridized carbons (Fsp3) is 0.192. The summed E-state index contributed by atoms with van der Waals surface area (Å²) in [4.78, 5) is 16.9. The van der Waals surface area contributed by atoms with Crippen LogP contribution >= 0.6 is 0 Å². The molecule has 0 spiro atoms. The number of rotatable bonds is 8. The van der Waals surface area contributed by atoms with E-state index in [1.165, 1.54) is 0 Å². The van der Waals surface area contributed by atoms with E-state index in [0.29, 0.717) is 31.1 Å². The van der Waals surface area contributed by atoms with E-state index < -0.39 is 0 Å². The molecule has 1 amide bonds. The number of aryl methyl sites for hydroxylation is 2. The smallest absolute Gasteiger partial charge is 0.251 e. The van der Waals surface area contributed by atoms with Crippen LogP contribution in [0.5, 0.6) is 5.88 Å². The van der Waals surface area contributed by atoms with E-state index >= 15 is 0 Å². The second kappa shape index (κ2) is 9.92. The van der Waals surface area contributed by atoms with E-state index in [9.17, 15) is 4.79 Å². The number of nitrogens with zero attached hydrogens (tertiary/aromatic N) is 3. The Labute approximate surface area is 187 Å². The standard InChI is InChI=1S/C26H26N4O2/c1-19-13-20(2)30(29-19)17-23-10-6-9-22(14-23)16-28-26(31)24-11-12-27-25(15-24)32-18-21-7-4-3-5-8-21/h3-15H,16-18H2,1-2H3,(H,28,31). The van der Waals surface area contributed by atoms with Gasteiger partial charge in [0.2, 0.25) is 5.88 Å². The van der Waals surface area contributed by atoms with Crippen LogP contribution < -0.4 is 10.1 Å². The van der Waals surface area contributed by atoms with Crippen molar-refractivity contribution in [2.75, 3.05) is 0 Å². The lowest BCUT2D eigenvalue weighted by Gasteiger charge is -2.10. The first-order chi connectivity index (χ1) is 15.6. The van der Waals surface area contributed by atoms with E-state index in [2.05, 4.69) is 40.5 Å². The summed E-state index contributed by atoms with van der Waals surface area (Å²) in [6.07, 6.45) is 1.59. The van der Waals surface area contributed by atoms with Crippen molar-refractivity contribution in [3.05, 3.63) is 113 Å². The SMILES string of the molecule is Cc1cc(C)n(Cc2cccc(CNC(=O)c3ccnc(OCc4ccccc4)c3)c2)n1. The molecule has 0 atom stereocenters. The van der Waals surface area contributed by atoms with Crippen molar-refractivity contribution < 1.29 is 9.53 Å². The number of hydrogen-bond donors (Lipinski definition) is 1. The summed E-state index contributed by atoms with van der Waals surface area (Å²) >= 11 is 0. The maximum Gasteiger partial charge on any atom is 0.251 e. The van der Waals surface area contributed by atoms with Gasteiger partial charge in [0.25, 0.3) is 5.91 Å². The molecule has 0 aliphatic carbocycles. The topological polar surface area (TPSA) is 69.0 Å². The molecule has 0 bridgehead atoms. The van der Waals surface area contributed by atoms with Gasteiger partial charge < -0.3 is 10.1 Å². The predicted molar refractivity (Wildman–Crippen MR) is 123 cm³/mol. The molecule has 4 rings (SSSR count). The molecule has 0 unspecified atom stereocenters. The highest BCUT2D eigenvalue weighted by Gasteiger charge is 2.09. The Morgan fingerprint density at radius 3 is 2.50 bits per heavy atom. The first-order valence-electron chi connectivity index (χ1n) is 10.6. The third-order valence-electron chi connectivity index (χ3n) is 5.11. The molecule has 2 heterocycles. The molecule has 2 aromatic carbocycles. The third kappa shape index (κ3) is 5.60. The van der Waals surface area contributed by atoms with E-state index in [1.807, 2.05) is 54.1 Å². The van der Waals surface area contributed by atoms with Crippen LogP contribution in [0.3, 0.4) is 0 Å². The lowest BCUT2D eigenvalue weighted by atomic mass is 10.1. The highest BCUT2D eigenvalue weighted by Crippen LogP contribution is 2.13. The van der Waals surface area contributed by atoms with Crippen LogP contribution in [0.1, 0.15) is 38.4 Å². The van der Waals surface area contributed by atoms with Crippen LogP contribution in [-0.4, -0.2) is 20.7 Å². The van der Waals surface area contributed by atoms with Crippen LogP contribution in [0.4, 0.5) is 0 Å². The number of carbonyl (C=O) groups is 1. The van der Waals surface area contributed by atoms with Crippen molar-refractivity contribution in [2.45, 2.75) is 33.5 Å². The molecule has 6 nitrogen and oxygen atoms in total. The summed E-state index contributed by atoms with van der Waals surface area (Å²) in [5.74, 6) is 0.259. The molecular weight excluding hydrogens is 400 g/mol. The van der Waals surface area contributed by atoms with Crippen molar-refractivity contribution in [3.8, 4) is 5.88 Å². The first-order valence-corrected chi connectivity index (χ1v) is 10.6. The maximum absolute atomic E-state index is 12.7. The number of hydrogen-bond acceptors (Lipinski definition) is 4.